The van der Waals surface area contributed by atoms with Crippen LogP contribution in [0.5, 0.6) is 0 Å². The summed E-state index contributed by atoms with van der Waals surface area (Å²) in [6.45, 7) is 6.53. The number of ether oxygens (including phenoxy) is 1. The van der Waals surface area contributed by atoms with Gasteiger partial charge in [-0.2, -0.15) is 13.2 Å². The highest BCUT2D eigenvalue weighted by Crippen LogP contribution is 2.47. The molecule has 1 amide bonds. The zero-order valence-electron chi connectivity index (χ0n) is 25.1. The molecule has 11 heteroatoms. The lowest BCUT2D eigenvalue weighted by molar-refractivity contribution is -0.171. The fraction of sp³-hybridized carbons (Fsp3) is 0.515. The van der Waals surface area contributed by atoms with E-state index in [1.807, 2.05) is 31.2 Å². The van der Waals surface area contributed by atoms with E-state index in [9.17, 15) is 36.3 Å². The molecule has 0 saturated heterocycles. The van der Waals surface area contributed by atoms with E-state index in [1.54, 1.807) is 45.0 Å². The molecule has 1 saturated carbocycles. The molecule has 4 rings (SSSR count). The van der Waals surface area contributed by atoms with Crippen molar-refractivity contribution in [3.05, 3.63) is 70.8 Å². The Morgan fingerprint density at radius 3 is 2.27 bits per heavy atom. The number of aliphatic imine (C=N–C) groups is 1. The number of carbonyl (C=O) groups is 3. The van der Waals surface area contributed by atoms with E-state index in [-0.39, 0.29) is 12.8 Å². The minimum absolute atomic E-state index is 0.0906. The molecule has 2 aromatic rings. The first-order valence-corrected chi connectivity index (χ1v) is 14.6. The summed E-state index contributed by atoms with van der Waals surface area (Å²) in [5.74, 6) is -9.07. The summed E-state index contributed by atoms with van der Waals surface area (Å²) in [6, 6.07) is 14.4. The van der Waals surface area contributed by atoms with Crippen LogP contribution < -0.4 is 5.32 Å². The predicted octanol–water partition coefficient (Wildman–Crippen LogP) is 6.75. The number of nitrogens with zero attached hydrogens (tertiary/aromatic N) is 1. The van der Waals surface area contributed by atoms with Gasteiger partial charge in [-0.3, -0.25) is 19.4 Å². The molecule has 1 fully saturated rings. The minimum atomic E-state index is -4.66. The Bertz CT molecular complexity index is 1410. The standard InChI is InChI=1S/C33H37F5N2O4/c1-19-9-8-12-22-24(19)16-26(41)28(39-27(22)21-10-6-5-7-11-21)40-29(42)23(13-14-33(36,37)38)25(30(43)44-31(2,3)4)15-20-17-32(34,35)18-20/h5-12,20,23,25,28H,13-18H2,1-4H3,(H,40,42)/t23-,25+,28-/m1/s1. The van der Waals surface area contributed by atoms with Crippen molar-refractivity contribution in [1.82, 2.24) is 5.32 Å². The van der Waals surface area contributed by atoms with Crippen LogP contribution in [0, 0.1) is 24.7 Å². The lowest BCUT2D eigenvalue weighted by Crippen LogP contribution is -2.48. The van der Waals surface area contributed by atoms with Gasteiger partial charge in [0.25, 0.3) is 0 Å². The number of rotatable bonds is 9. The summed E-state index contributed by atoms with van der Waals surface area (Å²) in [4.78, 5) is 45.3. The number of ketones is 1. The number of nitrogens with one attached hydrogen (secondary N) is 1. The third-order valence-corrected chi connectivity index (χ3v) is 7.94. The van der Waals surface area contributed by atoms with Crippen molar-refractivity contribution in [1.29, 1.82) is 0 Å². The van der Waals surface area contributed by atoms with Gasteiger partial charge in [0.1, 0.15) is 5.60 Å². The second kappa shape index (κ2) is 12.8. The quantitative estimate of drug-likeness (QED) is 0.248. The summed E-state index contributed by atoms with van der Waals surface area (Å²) in [7, 11) is 0. The summed E-state index contributed by atoms with van der Waals surface area (Å²) < 4.78 is 73.1. The monoisotopic (exact) mass is 620 g/mol. The third-order valence-electron chi connectivity index (χ3n) is 7.94. The highest BCUT2D eigenvalue weighted by Gasteiger charge is 2.49. The number of amides is 1. The number of aryl methyl sites for hydroxylation is 1. The van der Waals surface area contributed by atoms with E-state index in [0.29, 0.717) is 22.4 Å². The largest absolute Gasteiger partial charge is 0.460 e. The maximum atomic E-state index is 13.8. The number of hydrogen-bond donors (Lipinski definition) is 1. The highest BCUT2D eigenvalue weighted by atomic mass is 19.4. The lowest BCUT2D eigenvalue weighted by atomic mass is 9.72. The highest BCUT2D eigenvalue weighted by molar-refractivity contribution is 6.16. The molecule has 1 heterocycles. The van der Waals surface area contributed by atoms with Crippen LogP contribution >= 0.6 is 0 Å². The van der Waals surface area contributed by atoms with Crippen LogP contribution in [0.3, 0.4) is 0 Å². The molecule has 0 spiro atoms. The maximum absolute atomic E-state index is 13.8. The van der Waals surface area contributed by atoms with E-state index >= 15 is 0 Å². The van der Waals surface area contributed by atoms with Gasteiger partial charge in [0.05, 0.1) is 17.5 Å². The fourth-order valence-electron chi connectivity index (χ4n) is 5.83. The van der Waals surface area contributed by atoms with E-state index in [0.717, 1.165) is 5.56 Å². The van der Waals surface area contributed by atoms with Gasteiger partial charge in [0.15, 0.2) is 11.9 Å². The Morgan fingerprint density at radius 1 is 1.02 bits per heavy atom. The van der Waals surface area contributed by atoms with E-state index in [4.69, 9.17) is 4.74 Å². The molecule has 3 atom stereocenters. The third kappa shape index (κ3) is 8.51. The van der Waals surface area contributed by atoms with Crippen molar-refractivity contribution in [3.63, 3.8) is 0 Å². The summed E-state index contributed by atoms with van der Waals surface area (Å²) >= 11 is 0. The molecular formula is C33H37F5N2O4. The number of fused-ring (bicyclic) bond motifs is 1. The Kier molecular flexibility index (Phi) is 9.66. The summed E-state index contributed by atoms with van der Waals surface area (Å²) in [5, 5.41) is 2.52. The van der Waals surface area contributed by atoms with Gasteiger partial charge >= 0.3 is 12.1 Å². The zero-order valence-corrected chi connectivity index (χ0v) is 25.1. The van der Waals surface area contributed by atoms with Crippen LogP contribution in [-0.4, -0.2) is 47.2 Å². The Hall–Kier alpha value is -3.63. The normalized spacial score (nSPS) is 20.0. The van der Waals surface area contributed by atoms with E-state index in [1.165, 1.54) is 0 Å². The first kappa shape index (κ1) is 33.3. The van der Waals surface area contributed by atoms with E-state index < -0.39 is 85.0 Å². The average Bonchev–Trinajstić information content (AvgIpc) is 3.03. The summed E-state index contributed by atoms with van der Waals surface area (Å²) in [6.07, 6.45) is -9.71. The van der Waals surface area contributed by atoms with Crippen LogP contribution in [0.4, 0.5) is 22.0 Å². The van der Waals surface area contributed by atoms with Crippen molar-refractivity contribution >= 4 is 23.4 Å². The Labute approximate surface area is 253 Å². The van der Waals surface area contributed by atoms with Crippen molar-refractivity contribution in [2.45, 2.75) is 90.1 Å². The number of alkyl halides is 5. The van der Waals surface area contributed by atoms with Gasteiger partial charge < -0.3 is 10.1 Å². The predicted molar refractivity (Wildman–Crippen MR) is 154 cm³/mol. The molecule has 0 unspecified atom stereocenters. The molecule has 238 valence electrons. The van der Waals surface area contributed by atoms with Gasteiger partial charge in [-0.15, -0.1) is 0 Å². The fourth-order valence-corrected chi connectivity index (χ4v) is 5.83. The average molecular weight is 621 g/mol. The maximum Gasteiger partial charge on any atom is 0.389 e. The van der Waals surface area contributed by atoms with Crippen LogP contribution in [-0.2, 0) is 25.5 Å². The molecule has 1 aliphatic carbocycles. The Morgan fingerprint density at radius 2 is 1.68 bits per heavy atom. The molecule has 0 radical (unpaired) electrons. The van der Waals surface area contributed by atoms with Crippen LogP contribution in [0.2, 0.25) is 0 Å². The van der Waals surface area contributed by atoms with Gasteiger partial charge in [-0.05, 0) is 57.6 Å². The minimum Gasteiger partial charge on any atom is -0.460 e. The second-order valence-corrected chi connectivity index (χ2v) is 12.8. The van der Waals surface area contributed by atoms with Gasteiger partial charge in [0, 0.05) is 36.8 Å². The van der Waals surface area contributed by atoms with Crippen LogP contribution in [0.25, 0.3) is 0 Å². The molecule has 1 aliphatic heterocycles. The number of carbonyl (C=O) groups excluding carboxylic acids is 3. The van der Waals surface area contributed by atoms with Crippen molar-refractivity contribution < 1.29 is 41.1 Å². The van der Waals surface area contributed by atoms with Crippen LogP contribution in [0.15, 0.2) is 53.5 Å². The molecule has 1 N–H and O–H groups in total. The molecule has 2 aromatic carbocycles. The second-order valence-electron chi connectivity index (χ2n) is 12.8. The Balaban J connectivity index is 1.70. The van der Waals surface area contributed by atoms with Crippen molar-refractivity contribution in [2.75, 3.05) is 0 Å². The molecule has 2 aliphatic rings. The van der Waals surface area contributed by atoms with Gasteiger partial charge in [0.2, 0.25) is 11.8 Å². The molecule has 0 bridgehead atoms. The topological polar surface area (TPSA) is 84.8 Å². The SMILES string of the molecule is Cc1cccc2c1CC(=O)[C@@H](NC(=O)[C@H](CCC(F)(F)F)[C@H](CC1CC(F)(F)C1)C(=O)OC(C)(C)C)N=C2c1ccccc1. The lowest BCUT2D eigenvalue weighted by Gasteiger charge is -2.38. The summed E-state index contributed by atoms with van der Waals surface area (Å²) in [5.41, 5.74) is 2.28. The number of halogens is 5. The first-order chi connectivity index (χ1) is 20.4. The first-order valence-electron chi connectivity index (χ1n) is 14.6. The number of benzene rings is 2. The molecule has 6 nitrogen and oxygen atoms in total. The van der Waals surface area contributed by atoms with Crippen molar-refractivity contribution in [2.24, 2.45) is 22.7 Å². The molecular weight excluding hydrogens is 583 g/mol. The zero-order chi connectivity index (χ0) is 32.4. The number of esters is 1. The number of hydrogen-bond acceptors (Lipinski definition) is 5. The van der Waals surface area contributed by atoms with Crippen LogP contribution in [0.1, 0.15) is 75.1 Å². The van der Waals surface area contributed by atoms with Gasteiger partial charge in [-0.25, -0.2) is 8.78 Å². The smallest absolute Gasteiger partial charge is 0.389 e. The van der Waals surface area contributed by atoms with Crippen molar-refractivity contribution in [3.8, 4) is 0 Å². The van der Waals surface area contributed by atoms with Gasteiger partial charge in [-0.1, -0.05) is 48.5 Å². The molecule has 0 aromatic heterocycles. The number of Topliss-reactive ketones (excluding diaryl/α,β-unsaturated/α-hetero) is 1. The molecule has 44 heavy (non-hydrogen) atoms. The van der Waals surface area contributed by atoms with E-state index in [2.05, 4.69) is 10.3 Å².